The fourth-order valence-electron chi connectivity index (χ4n) is 3.16. The first-order valence-electron chi connectivity index (χ1n) is 9.48. The van der Waals surface area contributed by atoms with Crippen LogP contribution in [-0.4, -0.2) is 38.2 Å². The van der Waals surface area contributed by atoms with Crippen LogP contribution in [0.25, 0.3) is 0 Å². The summed E-state index contributed by atoms with van der Waals surface area (Å²) in [6, 6.07) is 7.66. The first-order valence-corrected chi connectivity index (χ1v) is 11.3. The van der Waals surface area contributed by atoms with Gasteiger partial charge in [-0.3, -0.25) is 4.79 Å². The molecule has 1 atom stereocenters. The van der Waals surface area contributed by atoms with Crippen molar-refractivity contribution < 1.29 is 22.7 Å². The molecule has 1 aromatic carbocycles. The number of sulfone groups is 1. The summed E-state index contributed by atoms with van der Waals surface area (Å²) in [4.78, 5) is 24.5. The molecule has 0 spiro atoms. The predicted molar refractivity (Wildman–Crippen MR) is 104 cm³/mol. The molecule has 0 saturated heterocycles. The maximum atomic E-state index is 12.3. The number of hydrogen-bond donors (Lipinski definition) is 1. The number of carbonyl (C=O) groups is 2. The molecule has 1 N–H and O–H groups in total. The molecule has 1 saturated carbocycles. The van der Waals surface area contributed by atoms with E-state index in [0.29, 0.717) is 5.56 Å². The standard InChI is InChI=1S/C20H26N2O5S/c1-15(19(23)22-18-6-4-2-3-5-7-18)27-20(24)17-10-8-16(9-11-17)14-28(25,26)13-12-21/h8-11,15,18H,2-7,13-14H2,1H3,(H,22,23)/t15-/m1/s1. The fourth-order valence-corrected chi connectivity index (χ4v) is 4.16. The largest absolute Gasteiger partial charge is 0.449 e. The van der Waals surface area contributed by atoms with Gasteiger partial charge in [0, 0.05) is 6.04 Å². The van der Waals surface area contributed by atoms with E-state index in [-0.39, 0.29) is 23.3 Å². The minimum Gasteiger partial charge on any atom is -0.449 e. The van der Waals surface area contributed by atoms with E-state index in [0.717, 1.165) is 25.7 Å². The van der Waals surface area contributed by atoms with Crippen LogP contribution in [0.5, 0.6) is 0 Å². The van der Waals surface area contributed by atoms with Gasteiger partial charge in [0.2, 0.25) is 0 Å². The third-order valence-corrected chi connectivity index (χ3v) is 6.06. The number of rotatable bonds is 7. The average molecular weight is 407 g/mol. The lowest BCUT2D eigenvalue weighted by atomic mass is 10.1. The molecule has 1 aromatic rings. The van der Waals surface area contributed by atoms with E-state index in [4.69, 9.17) is 10.00 Å². The summed E-state index contributed by atoms with van der Waals surface area (Å²) in [7, 11) is -3.50. The molecule has 8 heteroatoms. The Kier molecular flexibility index (Phi) is 8.00. The van der Waals surface area contributed by atoms with Crippen molar-refractivity contribution >= 4 is 21.7 Å². The van der Waals surface area contributed by atoms with Crippen LogP contribution in [0.4, 0.5) is 0 Å². The Bertz CT molecular complexity index is 819. The summed E-state index contributed by atoms with van der Waals surface area (Å²) in [6.45, 7) is 1.53. The van der Waals surface area contributed by atoms with Gasteiger partial charge in [-0.1, -0.05) is 37.8 Å². The topological polar surface area (TPSA) is 113 Å². The van der Waals surface area contributed by atoms with Crippen molar-refractivity contribution in [2.45, 2.75) is 63.3 Å². The first-order chi connectivity index (χ1) is 13.3. The SMILES string of the molecule is C[C@@H](OC(=O)c1ccc(CS(=O)(=O)CC#N)cc1)C(=O)NC1CCCCCC1. The van der Waals surface area contributed by atoms with Gasteiger partial charge in [-0.25, -0.2) is 13.2 Å². The van der Waals surface area contributed by atoms with Crippen molar-refractivity contribution in [2.24, 2.45) is 0 Å². The minimum atomic E-state index is -3.50. The highest BCUT2D eigenvalue weighted by molar-refractivity contribution is 7.90. The highest BCUT2D eigenvalue weighted by atomic mass is 32.2. The highest BCUT2D eigenvalue weighted by Gasteiger charge is 2.22. The smallest absolute Gasteiger partial charge is 0.338 e. The monoisotopic (exact) mass is 406 g/mol. The summed E-state index contributed by atoms with van der Waals surface area (Å²) < 4.78 is 28.6. The molecule has 0 unspecified atom stereocenters. The number of esters is 1. The third kappa shape index (κ3) is 6.97. The highest BCUT2D eigenvalue weighted by Crippen LogP contribution is 2.17. The molecule has 0 aliphatic heterocycles. The number of ether oxygens (including phenoxy) is 1. The Hall–Kier alpha value is -2.40. The van der Waals surface area contributed by atoms with E-state index < -0.39 is 27.7 Å². The van der Waals surface area contributed by atoms with Crippen molar-refractivity contribution in [1.29, 1.82) is 5.26 Å². The first kappa shape index (κ1) is 21.9. The zero-order valence-corrected chi connectivity index (χ0v) is 16.8. The Morgan fingerprint density at radius 2 is 1.79 bits per heavy atom. The second-order valence-electron chi connectivity index (χ2n) is 7.13. The van der Waals surface area contributed by atoms with Crippen molar-refractivity contribution in [3.63, 3.8) is 0 Å². The number of nitrogens with zero attached hydrogens (tertiary/aromatic N) is 1. The van der Waals surface area contributed by atoms with E-state index in [1.54, 1.807) is 6.07 Å². The maximum Gasteiger partial charge on any atom is 0.338 e. The zero-order chi connectivity index (χ0) is 20.6. The third-order valence-electron chi connectivity index (χ3n) is 4.72. The molecular weight excluding hydrogens is 380 g/mol. The van der Waals surface area contributed by atoms with Crippen LogP contribution in [0, 0.1) is 11.3 Å². The Morgan fingerprint density at radius 3 is 2.36 bits per heavy atom. The second kappa shape index (κ2) is 10.2. The van der Waals surface area contributed by atoms with Crippen LogP contribution in [0.15, 0.2) is 24.3 Å². The summed E-state index contributed by atoms with van der Waals surface area (Å²) in [5.74, 6) is -1.77. The number of benzene rings is 1. The van der Waals surface area contributed by atoms with E-state index in [1.807, 2.05) is 0 Å². The van der Waals surface area contributed by atoms with Gasteiger partial charge in [0.15, 0.2) is 15.9 Å². The van der Waals surface area contributed by atoms with Gasteiger partial charge in [-0.05, 0) is 37.5 Å². The molecule has 0 radical (unpaired) electrons. The molecule has 0 heterocycles. The van der Waals surface area contributed by atoms with Crippen LogP contribution in [0.3, 0.4) is 0 Å². The normalized spacial score (nSPS) is 16.4. The van der Waals surface area contributed by atoms with Gasteiger partial charge >= 0.3 is 5.97 Å². The van der Waals surface area contributed by atoms with Crippen LogP contribution < -0.4 is 5.32 Å². The number of amides is 1. The molecule has 1 amide bonds. The van der Waals surface area contributed by atoms with Crippen LogP contribution in [-0.2, 0) is 25.1 Å². The molecule has 1 aliphatic rings. The average Bonchev–Trinajstić information content (AvgIpc) is 2.90. The molecule has 152 valence electrons. The van der Waals surface area contributed by atoms with E-state index in [1.165, 1.54) is 44.0 Å². The Morgan fingerprint density at radius 1 is 1.18 bits per heavy atom. The van der Waals surface area contributed by atoms with Crippen LogP contribution in [0.1, 0.15) is 61.4 Å². The van der Waals surface area contributed by atoms with E-state index in [9.17, 15) is 18.0 Å². The maximum absolute atomic E-state index is 12.3. The molecule has 2 rings (SSSR count). The lowest BCUT2D eigenvalue weighted by Gasteiger charge is -2.19. The second-order valence-corrected chi connectivity index (χ2v) is 9.20. The number of hydrogen-bond acceptors (Lipinski definition) is 6. The van der Waals surface area contributed by atoms with Gasteiger partial charge in [-0.15, -0.1) is 0 Å². The molecule has 0 aromatic heterocycles. The van der Waals surface area contributed by atoms with Gasteiger partial charge in [0.25, 0.3) is 5.91 Å². The van der Waals surface area contributed by atoms with Crippen molar-refractivity contribution in [3.05, 3.63) is 35.4 Å². The number of carbonyl (C=O) groups excluding carboxylic acids is 2. The van der Waals surface area contributed by atoms with Gasteiger partial charge in [0.1, 0.15) is 5.75 Å². The lowest BCUT2D eigenvalue weighted by molar-refractivity contribution is -0.129. The van der Waals surface area contributed by atoms with Crippen LogP contribution >= 0.6 is 0 Å². The summed E-state index contributed by atoms with van der Waals surface area (Å²) in [5, 5.41) is 11.5. The van der Waals surface area contributed by atoms with E-state index in [2.05, 4.69) is 5.32 Å². The van der Waals surface area contributed by atoms with Crippen LogP contribution in [0.2, 0.25) is 0 Å². The minimum absolute atomic E-state index is 0.130. The van der Waals surface area contributed by atoms with Gasteiger partial charge < -0.3 is 10.1 Å². The number of nitriles is 1. The van der Waals surface area contributed by atoms with E-state index >= 15 is 0 Å². The molecule has 1 fully saturated rings. The van der Waals surface area contributed by atoms with Gasteiger partial charge in [0.05, 0.1) is 17.4 Å². The quantitative estimate of drug-likeness (QED) is 0.550. The van der Waals surface area contributed by atoms with Gasteiger partial charge in [-0.2, -0.15) is 5.26 Å². The molecule has 1 aliphatic carbocycles. The molecular formula is C20H26N2O5S. The zero-order valence-electron chi connectivity index (χ0n) is 16.0. The predicted octanol–water partition coefficient (Wildman–Crippen LogP) is 2.51. The molecule has 28 heavy (non-hydrogen) atoms. The molecule has 7 nitrogen and oxygen atoms in total. The van der Waals surface area contributed by atoms with Crippen molar-refractivity contribution in [1.82, 2.24) is 5.32 Å². The summed E-state index contributed by atoms with van der Waals surface area (Å²) in [5.41, 5.74) is 0.710. The summed E-state index contributed by atoms with van der Waals surface area (Å²) >= 11 is 0. The Labute approximate surface area is 166 Å². The fraction of sp³-hybridized carbons (Fsp3) is 0.550. The molecule has 0 bridgehead atoms. The van der Waals surface area contributed by atoms with Crippen molar-refractivity contribution in [2.75, 3.05) is 5.75 Å². The Balaban J connectivity index is 1.89. The van der Waals surface area contributed by atoms with Crippen molar-refractivity contribution in [3.8, 4) is 6.07 Å². The number of nitrogens with one attached hydrogen (secondary N) is 1. The summed E-state index contributed by atoms with van der Waals surface area (Å²) in [6.07, 6.45) is 5.54. The lowest BCUT2D eigenvalue weighted by Crippen LogP contribution is -2.41.